The molecule has 0 radical (unpaired) electrons. The maximum Gasteiger partial charge on any atom is 0.232 e. The fourth-order valence-corrected chi connectivity index (χ4v) is 3.18. The van der Waals surface area contributed by atoms with Gasteiger partial charge in [-0.05, 0) is 34.6 Å². The second-order valence-corrected chi connectivity index (χ2v) is 7.20. The van der Waals surface area contributed by atoms with Crippen LogP contribution in [-0.4, -0.2) is 41.8 Å². The summed E-state index contributed by atoms with van der Waals surface area (Å²) in [5, 5.41) is 7.06. The summed E-state index contributed by atoms with van der Waals surface area (Å²) < 4.78 is 11.9. The summed E-state index contributed by atoms with van der Waals surface area (Å²) in [6, 6.07) is 0. The van der Waals surface area contributed by atoms with Gasteiger partial charge in [0.05, 0.1) is 17.7 Å². The van der Waals surface area contributed by atoms with Crippen LogP contribution in [0.4, 0.5) is 0 Å². The molecule has 1 saturated carbocycles. The van der Waals surface area contributed by atoms with Crippen molar-refractivity contribution in [1.29, 1.82) is 0 Å². The van der Waals surface area contributed by atoms with Gasteiger partial charge < -0.3 is 19.6 Å². The molecule has 0 aromatic carbocycles. The number of oxime groups is 1. The molecule has 2 aliphatic heterocycles. The summed E-state index contributed by atoms with van der Waals surface area (Å²) in [5.74, 6) is -1.13. The van der Waals surface area contributed by atoms with Gasteiger partial charge in [0.2, 0.25) is 5.91 Å². The van der Waals surface area contributed by atoms with Gasteiger partial charge >= 0.3 is 0 Å². The summed E-state index contributed by atoms with van der Waals surface area (Å²) >= 11 is 0. The zero-order valence-corrected chi connectivity index (χ0v) is 12.6. The lowest BCUT2D eigenvalue weighted by Crippen LogP contribution is -2.48. The van der Waals surface area contributed by atoms with Crippen LogP contribution in [-0.2, 0) is 19.1 Å². The van der Waals surface area contributed by atoms with E-state index in [1.165, 1.54) is 0 Å². The van der Waals surface area contributed by atoms with E-state index in [1.807, 2.05) is 34.6 Å². The average molecular weight is 282 g/mol. The van der Waals surface area contributed by atoms with E-state index >= 15 is 0 Å². The second kappa shape index (κ2) is 4.18. The van der Waals surface area contributed by atoms with Gasteiger partial charge in [-0.2, -0.15) is 0 Å². The monoisotopic (exact) mass is 282 g/mol. The zero-order valence-electron chi connectivity index (χ0n) is 12.6. The van der Waals surface area contributed by atoms with Crippen LogP contribution in [0.15, 0.2) is 5.16 Å². The Morgan fingerprint density at radius 2 is 1.95 bits per heavy atom. The van der Waals surface area contributed by atoms with Gasteiger partial charge in [-0.25, -0.2) is 0 Å². The molecule has 3 aliphatic rings. The number of nitrogens with zero attached hydrogens (tertiary/aromatic N) is 1. The number of nitrogens with one attached hydrogen (secondary N) is 1. The van der Waals surface area contributed by atoms with Crippen molar-refractivity contribution in [1.82, 2.24) is 5.32 Å². The molecule has 6 heteroatoms. The number of hydrogen-bond acceptors (Lipinski definition) is 5. The van der Waals surface area contributed by atoms with E-state index in [2.05, 4.69) is 10.5 Å². The lowest BCUT2D eigenvalue weighted by atomic mass is 9.99. The Morgan fingerprint density at radius 1 is 1.30 bits per heavy atom. The fraction of sp³-hybridized carbons (Fsp3) is 0.857. The normalized spacial score (nSPS) is 38.0. The molecule has 112 valence electrons. The summed E-state index contributed by atoms with van der Waals surface area (Å²) in [6.07, 6.45) is -0.429. The predicted molar refractivity (Wildman–Crippen MR) is 72.1 cm³/mol. The number of hydrogen-bond donors (Lipinski definition) is 1. The topological polar surface area (TPSA) is 69.2 Å². The Kier molecular flexibility index (Phi) is 2.89. The Balaban J connectivity index is 1.87. The summed E-state index contributed by atoms with van der Waals surface area (Å²) in [6.45, 7) is 10.1. The quantitative estimate of drug-likeness (QED) is 0.780. The summed E-state index contributed by atoms with van der Waals surface area (Å²) in [7, 11) is 0. The first kappa shape index (κ1) is 13.8. The molecule has 3 rings (SSSR count). The Bertz CT molecular complexity index is 466. The van der Waals surface area contributed by atoms with Gasteiger partial charge in [0.1, 0.15) is 18.6 Å². The van der Waals surface area contributed by atoms with Gasteiger partial charge in [-0.1, -0.05) is 5.16 Å². The van der Waals surface area contributed by atoms with Crippen molar-refractivity contribution < 1.29 is 19.1 Å². The van der Waals surface area contributed by atoms with Crippen molar-refractivity contribution in [3.8, 4) is 0 Å². The molecule has 0 bridgehead atoms. The van der Waals surface area contributed by atoms with E-state index in [0.717, 1.165) is 5.71 Å². The Hall–Kier alpha value is -1.14. The van der Waals surface area contributed by atoms with Gasteiger partial charge in [-0.3, -0.25) is 4.79 Å². The molecule has 2 fully saturated rings. The van der Waals surface area contributed by atoms with Crippen LogP contribution in [0.25, 0.3) is 0 Å². The molecular weight excluding hydrogens is 260 g/mol. The number of fused-ring (bicyclic) bond motifs is 3. The molecule has 2 heterocycles. The third-order valence-electron chi connectivity index (χ3n) is 3.79. The Labute approximate surface area is 118 Å². The molecule has 0 unspecified atom stereocenters. The summed E-state index contributed by atoms with van der Waals surface area (Å²) in [4.78, 5) is 17.7. The van der Waals surface area contributed by atoms with E-state index in [0.29, 0.717) is 6.61 Å². The minimum absolute atomic E-state index is 0.0255. The molecule has 1 aliphatic carbocycles. The van der Waals surface area contributed by atoms with E-state index in [-0.39, 0.29) is 29.6 Å². The lowest BCUT2D eigenvalue weighted by Gasteiger charge is -2.26. The van der Waals surface area contributed by atoms with Crippen LogP contribution >= 0.6 is 0 Å². The third kappa shape index (κ3) is 2.20. The van der Waals surface area contributed by atoms with Crippen molar-refractivity contribution >= 4 is 11.6 Å². The number of amides is 1. The summed E-state index contributed by atoms with van der Waals surface area (Å²) in [5.41, 5.74) is 0.469. The molecular formula is C14H22N2O4. The van der Waals surface area contributed by atoms with Crippen LogP contribution in [0.2, 0.25) is 0 Å². The fourth-order valence-electron chi connectivity index (χ4n) is 3.18. The largest absolute Gasteiger partial charge is 0.395 e. The number of rotatable bonds is 1. The van der Waals surface area contributed by atoms with Crippen LogP contribution < -0.4 is 5.32 Å². The third-order valence-corrected chi connectivity index (χ3v) is 3.79. The van der Waals surface area contributed by atoms with Gasteiger partial charge in [0, 0.05) is 5.54 Å². The van der Waals surface area contributed by atoms with Crippen molar-refractivity contribution in [2.45, 2.75) is 58.2 Å². The first-order chi connectivity index (χ1) is 9.18. The standard InChI is InChI=1S/C14H22N2O4/c1-13(2,3)15-12(17)8-9-7(6-18-16-9)10-11(8)20-14(4,5)19-10/h7-8,10-11H,6H2,1-5H3,(H,15,17)/t7-,8-,10-,11+/m1/s1. The molecule has 0 spiro atoms. The van der Waals surface area contributed by atoms with Gasteiger partial charge in [0.25, 0.3) is 0 Å². The molecule has 0 aromatic heterocycles. The van der Waals surface area contributed by atoms with Crippen molar-refractivity contribution in [2.24, 2.45) is 17.0 Å². The highest BCUT2D eigenvalue weighted by molar-refractivity contribution is 6.08. The maximum atomic E-state index is 12.6. The second-order valence-electron chi connectivity index (χ2n) is 7.20. The van der Waals surface area contributed by atoms with E-state index < -0.39 is 11.7 Å². The zero-order chi connectivity index (χ0) is 14.7. The van der Waals surface area contributed by atoms with Crippen molar-refractivity contribution in [3.05, 3.63) is 0 Å². The van der Waals surface area contributed by atoms with Crippen molar-refractivity contribution in [3.63, 3.8) is 0 Å². The SMILES string of the molecule is CC(C)(C)NC(=O)[C@@H]1C2=NOC[C@H]2[C@H]2OC(C)(C)O[C@@H]12. The first-order valence-corrected chi connectivity index (χ1v) is 7.05. The van der Waals surface area contributed by atoms with Gasteiger partial charge in [0.15, 0.2) is 5.79 Å². The predicted octanol–water partition coefficient (Wildman–Crippen LogP) is 1.05. The highest BCUT2D eigenvalue weighted by Gasteiger charge is 2.61. The average Bonchev–Trinajstić information content (AvgIpc) is 2.85. The molecule has 1 N–H and O–H groups in total. The minimum Gasteiger partial charge on any atom is -0.395 e. The number of ether oxygens (including phenoxy) is 2. The van der Waals surface area contributed by atoms with Crippen molar-refractivity contribution in [2.75, 3.05) is 6.61 Å². The molecule has 4 atom stereocenters. The molecule has 1 saturated heterocycles. The minimum atomic E-state index is -0.663. The van der Waals surface area contributed by atoms with E-state index in [4.69, 9.17) is 14.3 Å². The smallest absolute Gasteiger partial charge is 0.232 e. The highest BCUT2D eigenvalue weighted by atomic mass is 16.8. The van der Waals surface area contributed by atoms with E-state index in [9.17, 15) is 4.79 Å². The lowest BCUT2D eigenvalue weighted by molar-refractivity contribution is -0.156. The number of carbonyl (C=O) groups excluding carboxylic acids is 1. The maximum absolute atomic E-state index is 12.6. The molecule has 0 aromatic rings. The highest BCUT2D eigenvalue weighted by Crippen LogP contribution is 2.45. The van der Waals surface area contributed by atoms with E-state index in [1.54, 1.807) is 0 Å². The van der Waals surface area contributed by atoms with Crippen LogP contribution in [0.3, 0.4) is 0 Å². The molecule has 20 heavy (non-hydrogen) atoms. The first-order valence-electron chi connectivity index (χ1n) is 7.05. The Morgan fingerprint density at radius 3 is 2.60 bits per heavy atom. The number of carbonyl (C=O) groups is 1. The molecule has 1 amide bonds. The van der Waals surface area contributed by atoms with Crippen LogP contribution in [0, 0.1) is 11.8 Å². The van der Waals surface area contributed by atoms with Crippen LogP contribution in [0.5, 0.6) is 0 Å². The van der Waals surface area contributed by atoms with Gasteiger partial charge in [-0.15, -0.1) is 0 Å². The van der Waals surface area contributed by atoms with Crippen LogP contribution in [0.1, 0.15) is 34.6 Å². The molecule has 6 nitrogen and oxygen atoms in total.